The number of pyridine rings is 1. The van der Waals surface area contributed by atoms with Crippen molar-refractivity contribution in [3.8, 4) is 17.1 Å². The van der Waals surface area contributed by atoms with Crippen LogP contribution in [0.5, 0.6) is 5.75 Å². The van der Waals surface area contributed by atoms with E-state index >= 15 is 0 Å². The zero-order chi connectivity index (χ0) is 13.4. The van der Waals surface area contributed by atoms with Gasteiger partial charge in [0.15, 0.2) is 0 Å². The lowest BCUT2D eigenvalue weighted by Gasteiger charge is -2.06. The van der Waals surface area contributed by atoms with E-state index in [1.54, 1.807) is 7.11 Å². The third-order valence-electron chi connectivity index (χ3n) is 3.16. The van der Waals surface area contributed by atoms with Crippen molar-refractivity contribution < 1.29 is 4.74 Å². The van der Waals surface area contributed by atoms with E-state index < -0.39 is 0 Å². The van der Waals surface area contributed by atoms with Crippen LogP contribution in [0.4, 0.5) is 0 Å². The fourth-order valence-electron chi connectivity index (χ4n) is 2.22. The Balaban J connectivity index is 2.22. The molecule has 0 unspecified atom stereocenters. The first-order chi connectivity index (χ1) is 9.20. The molecule has 0 aliphatic heterocycles. The monoisotopic (exact) mass is 316 g/mol. The van der Waals surface area contributed by atoms with E-state index in [0.717, 1.165) is 32.8 Å². The Bertz CT molecular complexity index is 749. The molecule has 0 N–H and O–H groups in total. The predicted molar refractivity (Wildman–Crippen MR) is 79.6 cm³/mol. The zero-order valence-corrected chi connectivity index (χ0v) is 12.3. The number of imidazole rings is 1. The minimum atomic E-state index is 0.858. The third kappa shape index (κ3) is 2.02. The van der Waals surface area contributed by atoms with Gasteiger partial charge in [-0.2, -0.15) is 0 Å². The number of halogens is 1. The number of nitrogens with zero attached hydrogens (tertiary/aromatic N) is 2. The summed E-state index contributed by atoms with van der Waals surface area (Å²) >= 11 is 3.51. The van der Waals surface area contributed by atoms with Crippen molar-refractivity contribution in [2.45, 2.75) is 6.92 Å². The van der Waals surface area contributed by atoms with Gasteiger partial charge in [0.05, 0.1) is 12.6 Å². The van der Waals surface area contributed by atoms with E-state index in [1.807, 2.05) is 43.5 Å². The van der Waals surface area contributed by atoms with E-state index in [2.05, 4.69) is 31.4 Å². The lowest BCUT2D eigenvalue weighted by molar-refractivity contribution is 0.412. The molecule has 0 amide bonds. The highest BCUT2D eigenvalue weighted by Gasteiger charge is 2.11. The molecule has 0 aliphatic carbocycles. The van der Waals surface area contributed by atoms with Gasteiger partial charge >= 0.3 is 0 Å². The number of benzene rings is 1. The summed E-state index contributed by atoms with van der Waals surface area (Å²) in [5, 5.41) is 0. The van der Waals surface area contributed by atoms with Crippen molar-refractivity contribution in [3.05, 3.63) is 52.8 Å². The smallest absolute Gasteiger partial charge is 0.145 e. The summed E-state index contributed by atoms with van der Waals surface area (Å²) < 4.78 is 8.22. The van der Waals surface area contributed by atoms with Crippen molar-refractivity contribution in [2.75, 3.05) is 7.11 Å². The molecule has 3 nitrogen and oxygen atoms in total. The summed E-state index contributed by atoms with van der Waals surface area (Å²) in [6.45, 7) is 2.03. The molecule has 0 bridgehead atoms. The summed E-state index contributed by atoms with van der Waals surface area (Å²) in [4.78, 5) is 4.60. The molecule has 2 aromatic heterocycles. The van der Waals surface area contributed by atoms with Gasteiger partial charge in [0.2, 0.25) is 0 Å². The maximum absolute atomic E-state index is 5.29. The molecule has 19 heavy (non-hydrogen) atoms. The molecule has 2 heterocycles. The van der Waals surface area contributed by atoms with Gasteiger partial charge in [0, 0.05) is 11.8 Å². The van der Waals surface area contributed by atoms with Crippen LogP contribution in [0.1, 0.15) is 5.56 Å². The molecule has 0 saturated heterocycles. The largest absolute Gasteiger partial charge is 0.496 e. The molecule has 0 aliphatic rings. The number of fused-ring (bicyclic) bond motifs is 1. The second-order valence-electron chi connectivity index (χ2n) is 4.37. The van der Waals surface area contributed by atoms with Crippen LogP contribution in [-0.2, 0) is 0 Å². The Morgan fingerprint density at radius 1 is 1.21 bits per heavy atom. The number of aryl methyl sites for hydroxylation is 1. The lowest BCUT2D eigenvalue weighted by Crippen LogP contribution is -1.91. The van der Waals surface area contributed by atoms with Gasteiger partial charge in [-0.15, -0.1) is 0 Å². The minimum absolute atomic E-state index is 0.858. The Kier molecular flexibility index (Phi) is 3.03. The number of hydrogen-bond donors (Lipinski definition) is 0. The van der Waals surface area contributed by atoms with Crippen LogP contribution in [0.2, 0.25) is 0 Å². The molecule has 4 heteroatoms. The molecule has 1 aromatic carbocycles. The summed E-state index contributed by atoms with van der Waals surface area (Å²) in [7, 11) is 1.68. The van der Waals surface area contributed by atoms with E-state index in [4.69, 9.17) is 4.74 Å². The van der Waals surface area contributed by atoms with E-state index in [-0.39, 0.29) is 0 Å². The first-order valence-corrected chi connectivity index (χ1v) is 6.77. The Morgan fingerprint density at radius 3 is 2.79 bits per heavy atom. The SMILES string of the molecule is COc1ccc(-c2nc(Br)c3ccccn23)cc1C. The van der Waals surface area contributed by atoms with Crippen LogP contribution < -0.4 is 4.74 Å². The topological polar surface area (TPSA) is 26.5 Å². The molecule has 0 spiro atoms. The van der Waals surface area contributed by atoms with Gasteiger partial charge in [0.1, 0.15) is 16.2 Å². The van der Waals surface area contributed by atoms with E-state index in [9.17, 15) is 0 Å². The van der Waals surface area contributed by atoms with Gasteiger partial charge in [0.25, 0.3) is 0 Å². The van der Waals surface area contributed by atoms with Crippen LogP contribution in [0.25, 0.3) is 16.9 Å². The average Bonchev–Trinajstić information content (AvgIpc) is 2.77. The van der Waals surface area contributed by atoms with Gasteiger partial charge < -0.3 is 4.74 Å². The number of ether oxygens (including phenoxy) is 1. The van der Waals surface area contributed by atoms with E-state index in [1.165, 1.54) is 0 Å². The van der Waals surface area contributed by atoms with Crippen LogP contribution in [-0.4, -0.2) is 16.5 Å². The highest BCUT2D eigenvalue weighted by atomic mass is 79.9. The van der Waals surface area contributed by atoms with Crippen LogP contribution in [0.15, 0.2) is 47.2 Å². The minimum Gasteiger partial charge on any atom is -0.496 e. The van der Waals surface area contributed by atoms with Crippen molar-refractivity contribution in [2.24, 2.45) is 0 Å². The molecule has 0 atom stereocenters. The predicted octanol–water partition coefficient (Wildman–Crippen LogP) is 4.08. The van der Waals surface area contributed by atoms with Gasteiger partial charge in [-0.25, -0.2) is 4.98 Å². The van der Waals surface area contributed by atoms with Gasteiger partial charge in [-0.3, -0.25) is 4.40 Å². The van der Waals surface area contributed by atoms with Crippen molar-refractivity contribution >= 4 is 21.4 Å². The van der Waals surface area contributed by atoms with Crippen molar-refractivity contribution in [3.63, 3.8) is 0 Å². The molecule has 3 rings (SSSR count). The molecule has 3 aromatic rings. The number of aromatic nitrogens is 2. The van der Waals surface area contributed by atoms with Crippen LogP contribution >= 0.6 is 15.9 Å². The molecular weight excluding hydrogens is 304 g/mol. The third-order valence-corrected chi connectivity index (χ3v) is 3.74. The highest BCUT2D eigenvalue weighted by molar-refractivity contribution is 9.10. The fraction of sp³-hybridized carbons (Fsp3) is 0.133. The second kappa shape index (κ2) is 4.70. The Labute approximate surface area is 120 Å². The quantitative estimate of drug-likeness (QED) is 0.712. The maximum Gasteiger partial charge on any atom is 0.145 e. The summed E-state index contributed by atoms with van der Waals surface area (Å²) in [5.74, 6) is 1.82. The van der Waals surface area contributed by atoms with Crippen molar-refractivity contribution in [1.29, 1.82) is 0 Å². The Hall–Kier alpha value is -1.81. The van der Waals surface area contributed by atoms with Gasteiger partial charge in [-0.05, 0) is 58.7 Å². The molecule has 96 valence electrons. The second-order valence-corrected chi connectivity index (χ2v) is 5.12. The summed E-state index contributed by atoms with van der Waals surface area (Å²) in [6, 6.07) is 12.1. The normalized spacial score (nSPS) is 10.9. The first-order valence-electron chi connectivity index (χ1n) is 5.98. The first kappa shape index (κ1) is 12.2. The van der Waals surface area contributed by atoms with Crippen LogP contribution in [0.3, 0.4) is 0 Å². The summed E-state index contributed by atoms with van der Waals surface area (Å²) in [6.07, 6.45) is 2.02. The molecular formula is C15H13BrN2O. The fourth-order valence-corrected chi connectivity index (χ4v) is 2.71. The maximum atomic E-state index is 5.29. The van der Waals surface area contributed by atoms with Crippen molar-refractivity contribution in [1.82, 2.24) is 9.38 Å². The molecule has 0 fully saturated rings. The lowest BCUT2D eigenvalue weighted by atomic mass is 10.1. The average molecular weight is 317 g/mol. The van der Waals surface area contributed by atoms with E-state index in [0.29, 0.717) is 0 Å². The number of methoxy groups -OCH3 is 1. The zero-order valence-electron chi connectivity index (χ0n) is 10.7. The highest BCUT2D eigenvalue weighted by Crippen LogP contribution is 2.29. The number of rotatable bonds is 2. The number of hydrogen-bond acceptors (Lipinski definition) is 2. The standard InChI is InChI=1S/C15H13BrN2O/c1-10-9-11(6-7-13(10)19-2)15-17-14(16)12-5-3-4-8-18(12)15/h3-9H,1-2H3. The Morgan fingerprint density at radius 2 is 2.05 bits per heavy atom. The molecule has 0 radical (unpaired) electrons. The van der Waals surface area contributed by atoms with Crippen LogP contribution in [0, 0.1) is 6.92 Å². The summed E-state index contributed by atoms with van der Waals surface area (Å²) in [5.41, 5.74) is 3.24. The van der Waals surface area contributed by atoms with Gasteiger partial charge in [-0.1, -0.05) is 6.07 Å². The molecule has 0 saturated carbocycles.